The van der Waals surface area contributed by atoms with E-state index in [2.05, 4.69) is 0 Å². The Balaban J connectivity index is 2.00. The Morgan fingerprint density at radius 1 is 1.18 bits per heavy atom. The summed E-state index contributed by atoms with van der Waals surface area (Å²) >= 11 is 0. The predicted molar refractivity (Wildman–Crippen MR) is 64.1 cm³/mol. The van der Waals surface area contributed by atoms with Gasteiger partial charge in [-0.2, -0.15) is 0 Å². The molecule has 0 spiro atoms. The molecule has 0 amide bonds. The van der Waals surface area contributed by atoms with Gasteiger partial charge in [0.15, 0.2) is 0 Å². The van der Waals surface area contributed by atoms with Crippen molar-refractivity contribution in [1.29, 1.82) is 0 Å². The first-order chi connectivity index (χ1) is 8.10. The van der Waals surface area contributed by atoms with Crippen LogP contribution in [0.4, 0.5) is 0 Å². The first-order valence-electron chi connectivity index (χ1n) is 5.67. The number of rotatable bonds is 2. The molecule has 1 N–H and O–H groups in total. The highest BCUT2D eigenvalue weighted by atomic mass is 16.3. The van der Waals surface area contributed by atoms with E-state index in [9.17, 15) is 9.90 Å². The normalized spacial score (nSPS) is 17.1. The molecule has 1 fully saturated rings. The Bertz CT molecular complexity index is 603. The highest BCUT2D eigenvalue weighted by Gasteiger charge is 2.41. The molecule has 0 atom stereocenters. The number of nitrogens with zero attached hydrogens (tertiary/aromatic N) is 2. The van der Waals surface area contributed by atoms with Gasteiger partial charge >= 0.3 is 5.69 Å². The lowest BCUT2D eigenvalue weighted by atomic mass is 10.1. The Morgan fingerprint density at radius 2 is 1.82 bits per heavy atom. The summed E-state index contributed by atoms with van der Waals surface area (Å²) in [6.45, 7) is 0. The van der Waals surface area contributed by atoms with Crippen LogP contribution in [-0.4, -0.2) is 14.2 Å². The van der Waals surface area contributed by atoms with Crippen LogP contribution in [0.25, 0.3) is 5.69 Å². The molecule has 1 heterocycles. The first-order valence-corrected chi connectivity index (χ1v) is 5.67. The van der Waals surface area contributed by atoms with E-state index < -0.39 is 5.60 Å². The van der Waals surface area contributed by atoms with Crippen LogP contribution < -0.4 is 5.69 Å². The Morgan fingerprint density at radius 3 is 2.29 bits per heavy atom. The van der Waals surface area contributed by atoms with Gasteiger partial charge in [-0.1, -0.05) is 12.1 Å². The van der Waals surface area contributed by atoms with E-state index >= 15 is 0 Å². The van der Waals surface area contributed by atoms with E-state index in [1.165, 1.54) is 4.57 Å². The fraction of sp³-hybridized carbons (Fsp3) is 0.308. The van der Waals surface area contributed by atoms with Crippen LogP contribution in [-0.2, 0) is 12.6 Å². The van der Waals surface area contributed by atoms with Gasteiger partial charge in [-0.3, -0.25) is 4.57 Å². The molecule has 0 saturated heterocycles. The number of benzene rings is 1. The minimum Gasteiger partial charge on any atom is -0.385 e. The summed E-state index contributed by atoms with van der Waals surface area (Å²) in [7, 11) is 1.72. The molecular formula is C13H14N2O2. The zero-order chi connectivity index (χ0) is 12.0. The van der Waals surface area contributed by atoms with Crippen molar-refractivity contribution in [2.45, 2.75) is 18.4 Å². The molecule has 1 aromatic carbocycles. The lowest BCUT2D eigenvalue weighted by Crippen LogP contribution is -2.20. The second kappa shape index (κ2) is 3.34. The Kier molecular flexibility index (Phi) is 2.03. The van der Waals surface area contributed by atoms with Crippen molar-refractivity contribution in [2.24, 2.45) is 7.05 Å². The third-order valence-corrected chi connectivity index (χ3v) is 3.35. The van der Waals surface area contributed by atoms with Crippen LogP contribution in [0.5, 0.6) is 0 Å². The van der Waals surface area contributed by atoms with Gasteiger partial charge in [0.2, 0.25) is 0 Å². The van der Waals surface area contributed by atoms with Crippen LogP contribution >= 0.6 is 0 Å². The molecule has 1 aliphatic carbocycles. The van der Waals surface area contributed by atoms with E-state index in [4.69, 9.17) is 0 Å². The summed E-state index contributed by atoms with van der Waals surface area (Å²) in [6, 6.07) is 7.52. The molecule has 0 aliphatic heterocycles. The van der Waals surface area contributed by atoms with Gasteiger partial charge in [0.25, 0.3) is 0 Å². The maximum atomic E-state index is 11.7. The fourth-order valence-electron chi connectivity index (χ4n) is 2.00. The van der Waals surface area contributed by atoms with Gasteiger partial charge in [-0.25, -0.2) is 4.79 Å². The van der Waals surface area contributed by atoms with Crippen LogP contribution in [0.2, 0.25) is 0 Å². The monoisotopic (exact) mass is 230 g/mol. The third-order valence-electron chi connectivity index (χ3n) is 3.35. The van der Waals surface area contributed by atoms with Crippen LogP contribution in [0.15, 0.2) is 41.5 Å². The number of aromatic nitrogens is 2. The van der Waals surface area contributed by atoms with Gasteiger partial charge in [0.05, 0.1) is 11.3 Å². The predicted octanol–water partition coefficient (Wildman–Crippen LogP) is 1.16. The van der Waals surface area contributed by atoms with E-state index in [-0.39, 0.29) is 5.69 Å². The van der Waals surface area contributed by atoms with Crippen LogP contribution in [0, 0.1) is 0 Å². The molecule has 17 heavy (non-hydrogen) atoms. The number of aryl methyl sites for hydroxylation is 1. The highest BCUT2D eigenvalue weighted by Crippen LogP contribution is 2.45. The molecule has 1 aromatic heterocycles. The molecule has 0 unspecified atom stereocenters. The van der Waals surface area contributed by atoms with E-state index in [0.29, 0.717) is 0 Å². The summed E-state index contributed by atoms with van der Waals surface area (Å²) in [5, 5.41) is 9.95. The Hall–Kier alpha value is -1.81. The number of hydrogen-bond donors (Lipinski definition) is 1. The minimum atomic E-state index is -0.611. The maximum absolute atomic E-state index is 11.7. The molecule has 4 nitrogen and oxygen atoms in total. The Labute approximate surface area is 98.7 Å². The van der Waals surface area contributed by atoms with Crippen LogP contribution in [0.3, 0.4) is 0 Å². The third kappa shape index (κ3) is 1.61. The number of hydrogen-bond acceptors (Lipinski definition) is 2. The molecule has 88 valence electrons. The summed E-state index contributed by atoms with van der Waals surface area (Å²) in [5.74, 6) is 0. The second-order valence-electron chi connectivity index (χ2n) is 4.64. The number of aliphatic hydroxyl groups is 1. The largest absolute Gasteiger partial charge is 0.385 e. The summed E-state index contributed by atoms with van der Waals surface area (Å²) in [5.41, 5.74) is 1.08. The van der Waals surface area contributed by atoms with Gasteiger partial charge in [-0.15, -0.1) is 0 Å². The lowest BCUT2D eigenvalue weighted by molar-refractivity contribution is 0.151. The summed E-state index contributed by atoms with van der Waals surface area (Å²) < 4.78 is 3.11. The average Bonchev–Trinajstić information content (AvgIpc) is 3.00. The smallest absolute Gasteiger partial charge is 0.332 e. The van der Waals surface area contributed by atoms with Gasteiger partial charge in [0.1, 0.15) is 0 Å². The highest BCUT2D eigenvalue weighted by molar-refractivity contribution is 5.38. The summed E-state index contributed by atoms with van der Waals surface area (Å²) in [4.78, 5) is 11.7. The minimum absolute atomic E-state index is 0.0668. The zero-order valence-electron chi connectivity index (χ0n) is 9.63. The lowest BCUT2D eigenvalue weighted by Gasteiger charge is -2.08. The maximum Gasteiger partial charge on any atom is 0.332 e. The standard InChI is InChI=1S/C13H14N2O2/c1-14-8-9-15(12(14)16)11-4-2-10(3-5-11)13(17)6-7-13/h2-5,8-9,17H,6-7H2,1H3. The average molecular weight is 230 g/mol. The molecule has 3 rings (SSSR count). The van der Waals surface area contributed by atoms with Crippen molar-refractivity contribution in [1.82, 2.24) is 9.13 Å². The van der Waals surface area contributed by atoms with Crippen molar-refractivity contribution in [3.8, 4) is 5.69 Å². The van der Waals surface area contributed by atoms with Crippen LogP contribution in [0.1, 0.15) is 18.4 Å². The number of imidazole rings is 1. The molecule has 1 saturated carbocycles. The molecule has 1 aliphatic rings. The van der Waals surface area contributed by atoms with E-state index in [1.54, 1.807) is 24.0 Å². The first kappa shape index (κ1) is 10.4. The zero-order valence-corrected chi connectivity index (χ0v) is 9.63. The van der Waals surface area contributed by atoms with Crippen molar-refractivity contribution in [2.75, 3.05) is 0 Å². The van der Waals surface area contributed by atoms with Crippen molar-refractivity contribution in [3.63, 3.8) is 0 Å². The van der Waals surface area contributed by atoms with Gasteiger partial charge in [0, 0.05) is 19.4 Å². The van der Waals surface area contributed by atoms with Gasteiger partial charge < -0.3 is 9.67 Å². The van der Waals surface area contributed by atoms with Crippen molar-refractivity contribution in [3.05, 3.63) is 52.7 Å². The molecule has 4 heteroatoms. The van der Waals surface area contributed by atoms with E-state index in [0.717, 1.165) is 24.1 Å². The topological polar surface area (TPSA) is 47.2 Å². The second-order valence-corrected chi connectivity index (χ2v) is 4.64. The molecule has 0 radical (unpaired) electrons. The molecule has 2 aromatic rings. The SMILES string of the molecule is Cn1ccn(-c2ccc(C3(O)CC3)cc2)c1=O. The molecule has 0 bridgehead atoms. The molecular weight excluding hydrogens is 216 g/mol. The fourth-order valence-corrected chi connectivity index (χ4v) is 2.00. The quantitative estimate of drug-likeness (QED) is 0.841. The van der Waals surface area contributed by atoms with E-state index in [1.807, 2.05) is 24.3 Å². The van der Waals surface area contributed by atoms with Gasteiger partial charge in [-0.05, 0) is 30.5 Å². The van der Waals surface area contributed by atoms with Crippen molar-refractivity contribution >= 4 is 0 Å². The van der Waals surface area contributed by atoms with Crippen molar-refractivity contribution < 1.29 is 5.11 Å². The summed E-state index contributed by atoms with van der Waals surface area (Å²) in [6.07, 6.45) is 5.13.